The van der Waals surface area contributed by atoms with Crippen LogP contribution >= 0.6 is 35.0 Å². The summed E-state index contributed by atoms with van der Waals surface area (Å²) in [4.78, 5) is 30.2. The van der Waals surface area contributed by atoms with Gasteiger partial charge in [-0.2, -0.15) is 11.8 Å². The van der Waals surface area contributed by atoms with Gasteiger partial charge in [-0.15, -0.1) is 0 Å². The summed E-state index contributed by atoms with van der Waals surface area (Å²) in [6, 6.07) is 10.5. The molecule has 1 atom stereocenters. The lowest BCUT2D eigenvalue weighted by atomic mass is 10.1. The second kappa shape index (κ2) is 10.5. The average Bonchev–Trinajstić information content (AvgIpc) is 3.25. The van der Waals surface area contributed by atoms with Crippen molar-refractivity contribution >= 4 is 52.5 Å². The first-order valence-electron chi connectivity index (χ1n) is 10.9. The summed E-state index contributed by atoms with van der Waals surface area (Å²) >= 11 is 14.1. The molecule has 5 nitrogen and oxygen atoms in total. The molecule has 0 spiro atoms. The van der Waals surface area contributed by atoms with Gasteiger partial charge in [-0.1, -0.05) is 35.3 Å². The number of thioether (sulfide) groups is 1. The van der Waals surface area contributed by atoms with E-state index in [0.717, 1.165) is 37.3 Å². The summed E-state index contributed by atoms with van der Waals surface area (Å²) in [6.45, 7) is 5.71. The van der Waals surface area contributed by atoms with E-state index in [9.17, 15) is 9.59 Å². The standard InChI is InChI=1S/C24H27Cl2N3O2S/c1-16-11-17(15-28-7-9-32-10-8-28)4-5-21(16)27-23(30)22-3-2-6-29(22)24(31)18-12-19(25)14-20(26)13-18/h4-5,11-14,22H,2-3,6-10,15H2,1H3,(H,27,30). The number of hydrogen-bond donors (Lipinski definition) is 1. The fourth-order valence-electron chi connectivity index (χ4n) is 4.32. The Balaban J connectivity index is 1.42. The Morgan fingerprint density at radius 1 is 1.06 bits per heavy atom. The van der Waals surface area contributed by atoms with E-state index >= 15 is 0 Å². The number of amides is 2. The third-order valence-corrected chi connectivity index (χ3v) is 7.36. The number of rotatable bonds is 5. The van der Waals surface area contributed by atoms with Crippen molar-refractivity contribution in [3.63, 3.8) is 0 Å². The number of likely N-dealkylation sites (tertiary alicyclic amines) is 1. The van der Waals surface area contributed by atoms with Crippen LogP contribution in [-0.4, -0.2) is 58.8 Å². The van der Waals surface area contributed by atoms with Crippen molar-refractivity contribution in [2.45, 2.75) is 32.4 Å². The molecule has 32 heavy (non-hydrogen) atoms. The number of carbonyl (C=O) groups excluding carboxylic acids is 2. The van der Waals surface area contributed by atoms with Crippen molar-refractivity contribution in [3.05, 3.63) is 63.1 Å². The molecule has 170 valence electrons. The zero-order chi connectivity index (χ0) is 22.7. The highest BCUT2D eigenvalue weighted by Crippen LogP contribution is 2.26. The quantitative estimate of drug-likeness (QED) is 0.632. The van der Waals surface area contributed by atoms with Gasteiger partial charge in [0.15, 0.2) is 0 Å². The summed E-state index contributed by atoms with van der Waals surface area (Å²) in [5.74, 6) is 1.99. The predicted octanol–water partition coefficient (Wildman–Crippen LogP) is 5.09. The third-order valence-electron chi connectivity index (χ3n) is 5.98. The fourth-order valence-corrected chi connectivity index (χ4v) is 5.83. The molecule has 2 saturated heterocycles. The molecule has 8 heteroatoms. The molecule has 0 bridgehead atoms. The Labute approximate surface area is 203 Å². The second-order valence-corrected chi connectivity index (χ2v) is 10.4. The van der Waals surface area contributed by atoms with E-state index in [1.807, 2.05) is 24.8 Å². The zero-order valence-electron chi connectivity index (χ0n) is 18.1. The number of benzene rings is 2. The van der Waals surface area contributed by atoms with Gasteiger partial charge in [-0.05, 0) is 55.2 Å². The lowest BCUT2D eigenvalue weighted by Gasteiger charge is -2.26. The van der Waals surface area contributed by atoms with Crippen LogP contribution in [0.3, 0.4) is 0 Å². The Hall–Kier alpha value is -1.73. The van der Waals surface area contributed by atoms with E-state index in [2.05, 4.69) is 22.3 Å². The minimum atomic E-state index is -0.509. The number of anilines is 1. The Morgan fingerprint density at radius 3 is 2.47 bits per heavy atom. The number of carbonyl (C=O) groups is 2. The van der Waals surface area contributed by atoms with E-state index in [4.69, 9.17) is 23.2 Å². The smallest absolute Gasteiger partial charge is 0.254 e. The number of nitrogens with zero attached hydrogens (tertiary/aromatic N) is 2. The maximum Gasteiger partial charge on any atom is 0.254 e. The molecule has 0 aliphatic carbocycles. The van der Waals surface area contributed by atoms with Crippen molar-refractivity contribution < 1.29 is 9.59 Å². The van der Waals surface area contributed by atoms with E-state index in [-0.39, 0.29) is 11.8 Å². The lowest BCUT2D eigenvalue weighted by molar-refractivity contribution is -0.119. The van der Waals surface area contributed by atoms with Gasteiger partial charge in [-0.25, -0.2) is 0 Å². The van der Waals surface area contributed by atoms with Crippen molar-refractivity contribution in [2.24, 2.45) is 0 Å². The van der Waals surface area contributed by atoms with Crippen molar-refractivity contribution in [2.75, 3.05) is 36.5 Å². The first-order valence-corrected chi connectivity index (χ1v) is 12.8. The average molecular weight is 492 g/mol. The molecule has 0 aromatic heterocycles. The molecule has 2 amide bonds. The molecule has 2 aliphatic heterocycles. The Kier molecular flexibility index (Phi) is 7.66. The SMILES string of the molecule is Cc1cc(CN2CCSCC2)ccc1NC(=O)C1CCCN1C(=O)c1cc(Cl)cc(Cl)c1. The maximum atomic E-state index is 13.1. The van der Waals surface area contributed by atoms with Gasteiger partial charge in [-0.3, -0.25) is 14.5 Å². The molecule has 2 heterocycles. The molecule has 2 aromatic carbocycles. The molecular weight excluding hydrogens is 465 g/mol. The van der Waals surface area contributed by atoms with Gasteiger partial charge in [0.25, 0.3) is 5.91 Å². The van der Waals surface area contributed by atoms with Crippen LogP contribution in [0.2, 0.25) is 10.0 Å². The van der Waals surface area contributed by atoms with Gasteiger partial charge in [0, 0.05) is 59.0 Å². The monoisotopic (exact) mass is 491 g/mol. The van der Waals surface area contributed by atoms with Crippen molar-refractivity contribution in [1.29, 1.82) is 0 Å². The highest BCUT2D eigenvalue weighted by atomic mass is 35.5. The molecule has 2 fully saturated rings. The summed E-state index contributed by atoms with van der Waals surface area (Å²) < 4.78 is 0. The maximum absolute atomic E-state index is 13.1. The summed E-state index contributed by atoms with van der Waals surface area (Å²) in [7, 11) is 0. The van der Waals surface area contributed by atoms with Crippen LogP contribution < -0.4 is 5.32 Å². The Morgan fingerprint density at radius 2 is 1.78 bits per heavy atom. The second-order valence-electron chi connectivity index (χ2n) is 8.34. The molecule has 0 saturated carbocycles. The highest BCUT2D eigenvalue weighted by molar-refractivity contribution is 7.99. The van der Waals surface area contributed by atoms with Gasteiger partial charge >= 0.3 is 0 Å². The third kappa shape index (κ3) is 5.60. The molecule has 1 unspecified atom stereocenters. The number of nitrogens with one attached hydrogen (secondary N) is 1. The number of hydrogen-bond acceptors (Lipinski definition) is 4. The number of aryl methyl sites for hydroxylation is 1. The molecular formula is C24H27Cl2N3O2S. The van der Waals surface area contributed by atoms with Crippen LogP contribution in [-0.2, 0) is 11.3 Å². The molecule has 2 aromatic rings. The minimum absolute atomic E-state index is 0.159. The molecule has 4 rings (SSSR count). The van der Waals surface area contributed by atoms with Gasteiger partial charge in [0.05, 0.1) is 0 Å². The molecule has 0 radical (unpaired) electrons. The highest BCUT2D eigenvalue weighted by Gasteiger charge is 2.35. The van der Waals surface area contributed by atoms with E-state index in [1.165, 1.54) is 17.1 Å². The van der Waals surface area contributed by atoms with Gasteiger partial charge in [0.2, 0.25) is 5.91 Å². The normalized spacial score (nSPS) is 19.2. The van der Waals surface area contributed by atoms with Crippen LogP contribution in [0.5, 0.6) is 0 Å². The van der Waals surface area contributed by atoms with Crippen LogP contribution in [0.4, 0.5) is 5.69 Å². The zero-order valence-corrected chi connectivity index (χ0v) is 20.4. The Bertz CT molecular complexity index is 990. The molecule has 2 aliphatic rings. The topological polar surface area (TPSA) is 52.7 Å². The van der Waals surface area contributed by atoms with Gasteiger partial charge < -0.3 is 10.2 Å². The first kappa shape index (κ1) is 23.4. The summed E-state index contributed by atoms with van der Waals surface area (Å²) in [6.07, 6.45) is 1.42. The van der Waals surface area contributed by atoms with Crippen molar-refractivity contribution in [3.8, 4) is 0 Å². The van der Waals surface area contributed by atoms with Crippen molar-refractivity contribution in [1.82, 2.24) is 9.80 Å². The van der Waals surface area contributed by atoms with Crippen LogP contribution in [0.25, 0.3) is 0 Å². The fraction of sp³-hybridized carbons (Fsp3) is 0.417. The van der Waals surface area contributed by atoms with Crippen LogP contribution in [0.15, 0.2) is 36.4 Å². The first-order chi connectivity index (χ1) is 15.4. The summed E-state index contributed by atoms with van der Waals surface area (Å²) in [5.41, 5.74) is 3.47. The van der Waals surface area contributed by atoms with Crippen LogP contribution in [0.1, 0.15) is 34.3 Å². The minimum Gasteiger partial charge on any atom is -0.327 e. The predicted molar refractivity (Wildman–Crippen MR) is 133 cm³/mol. The molecule has 1 N–H and O–H groups in total. The summed E-state index contributed by atoms with van der Waals surface area (Å²) in [5, 5.41) is 3.85. The van der Waals surface area contributed by atoms with Crippen LogP contribution in [0, 0.1) is 6.92 Å². The van der Waals surface area contributed by atoms with Gasteiger partial charge in [0.1, 0.15) is 6.04 Å². The van der Waals surface area contributed by atoms with E-state index < -0.39 is 6.04 Å². The number of halogens is 2. The van der Waals surface area contributed by atoms with E-state index in [0.29, 0.717) is 28.6 Å². The van der Waals surface area contributed by atoms with E-state index in [1.54, 1.807) is 23.1 Å². The largest absolute Gasteiger partial charge is 0.327 e. The lowest BCUT2D eigenvalue weighted by Crippen LogP contribution is -2.43.